The maximum Gasteiger partial charge on any atom is 0.143 e. The molecule has 0 bridgehead atoms. The number of nitriles is 3. The summed E-state index contributed by atoms with van der Waals surface area (Å²) in [7, 11) is 0. The van der Waals surface area contributed by atoms with Crippen LogP contribution in [0.1, 0.15) is 16.7 Å². The smallest absolute Gasteiger partial charge is 0.143 e. The van der Waals surface area contributed by atoms with E-state index in [0.717, 1.165) is 43.8 Å². The Hall–Kier alpha value is -6.61. The fourth-order valence-corrected chi connectivity index (χ4v) is 6.25. The van der Waals surface area contributed by atoms with Crippen molar-refractivity contribution in [3.8, 4) is 51.6 Å². The molecule has 44 heavy (non-hydrogen) atoms. The molecule has 2 heterocycles. The summed E-state index contributed by atoms with van der Waals surface area (Å²) in [4.78, 5) is 0. The molecule has 8 aromatic rings. The molecule has 0 atom stereocenters. The van der Waals surface area contributed by atoms with Crippen LogP contribution in [-0.2, 0) is 0 Å². The van der Waals surface area contributed by atoms with Gasteiger partial charge in [-0.05, 0) is 59.7 Å². The highest BCUT2D eigenvalue weighted by Gasteiger charge is 2.22. The van der Waals surface area contributed by atoms with E-state index >= 15 is 0 Å². The average molecular weight is 562 g/mol. The van der Waals surface area contributed by atoms with E-state index in [9.17, 15) is 15.8 Å². The van der Waals surface area contributed by atoms with Gasteiger partial charge in [0.2, 0.25) is 0 Å². The molecule has 202 valence electrons. The van der Waals surface area contributed by atoms with Gasteiger partial charge in [-0.25, -0.2) is 0 Å². The van der Waals surface area contributed by atoms with Gasteiger partial charge in [-0.2, -0.15) is 15.8 Å². The van der Waals surface area contributed by atoms with Crippen LogP contribution in [0.2, 0.25) is 0 Å². The van der Waals surface area contributed by atoms with E-state index in [1.54, 1.807) is 18.2 Å². The number of benzene rings is 6. The second-order valence-electron chi connectivity index (χ2n) is 10.6. The summed E-state index contributed by atoms with van der Waals surface area (Å²) in [5.74, 6) is 0. The summed E-state index contributed by atoms with van der Waals surface area (Å²) in [6.07, 6.45) is 0. The summed E-state index contributed by atoms with van der Waals surface area (Å²) in [6, 6.07) is 43.4. The van der Waals surface area contributed by atoms with Crippen LogP contribution >= 0.6 is 0 Å². The highest BCUT2D eigenvalue weighted by Crippen LogP contribution is 2.43. The molecule has 2 aromatic heterocycles. The molecule has 5 nitrogen and oxygen atoms in total. The minimum Gasteiger partial charge on any atom is -0.456 e. The third-order valence-electron chi connectivity index (χ3n) is 8.23. The van der Waals surface area contributed by atoms with E-state index in [1.807, 2.05) is 97.1 Å². The molecule has 0 aliphatic heterocycles. The van der Waals surface area contributed by atoms with Crippen molar-refractivity contribution in [3.05, 3.63) is 132 Å². The lowest BCUT2D eigenvalue weighted by Gasteiger charge is -2.16. The molecule has 0 N–H and O–H groups in total. The Morgan fingerprint density at radius 2 is 1.05 bits per heavy atom. The Labute approximate surface area is 251 Å². The molecular formula is C39H19N3O2. The average Bonchev–Trinajstić information content (AvgIpc) is 3.65. The van der Waals surface area contributed by atoms with Gasteiger partial charge in [-0.15, -0.1) is 0 Å². The monoisotopic (exact) mass is 561 g/mol. The van der Waals surface area contributed by atoms with Gasteiger partial charge in [-0.1, -0.05) is 66.7 Å². The number of rotatable bonds is 3. The maximum atomic E-state index is 10.7. The predicted molar refractivity (Wildman–Crippen MR) is 171 cm³/mol. The zero-order valence-corrected chi connectivity index (χ0v) is 23.1. The van der Waals surface area contributed by atoms with Crippen LogP contribution in [0.3, 0.4) is 0 Å². The minimum absolute atomic E-state index is 0.375. The van der Waals surface area contributed by atoms with Crippen LogP contribution < -0.4 is 0 Å². The largest absolute Gasteiger partial charge is 0.456 e. The minimum atomic E-state index is 0.375. The zero-order valence-electron chi connectivity index (χ0n) is 23.1. The number of para-hydroxylation sites is 3. The Kier molecular flexibility index (Phi) is 5.56. The molecule has 0 radical (unpaired) electrons. The Morgan fingerprint density at radius 3 is 1.77 bits per heavy atom. The zero-order chi connectivity index (χ0) is 29.8. The number of furan rings is 2. The first kappa shape index (κ1) is 25.1. The molecule has 0 fully saturated rings. The topological polar surface area (TPSA) is 97.6 Å². The Morgan fingerprint density at radius 1 is 0.432 bits per heavy atom. The molecule has 5 heteroatoms. The molecule has 6 aromatic carbocycles. The first-order valence-electron chi connectivity index (χ1n) is 14.0. The van der Waals surface area contributed by atoms with Crippen LogP contribution in [0.15, 0.2) is 124 Å². The van der Waals surface area contributed by atoms with Crippen LogP contribution in [0, 0.1) is 34.0 Å². The van der Waals surface area contributed by atoms with Gasteiger partial charge in [-0.3, -0.25) is 0 Å². The molecule has 8 rings (SSSR count). The van der Waals surface area contributed by atoms with Gasteiger partial charge in [0.05, 0.1) is 28.8 Å². The van der Waals surface area contributed by atoms with Crippen LogP contribution in [0.25, 0.3) is 77.3 Å². The third kappa shape index (κ3) is 3.70. The second-order valence-corrected chi connectivity index (χ2v) is 10.6. The molecule has 0 saturated heterocycles. The molecule has 0 aliphatic rings. The van der Waals surface area contributed by atoms with E-state index in [1.165, 1.54) is 0 Å². The van der Waals surface area contributed by atoms with E-state index < -0.39 is 0 Å². The number of fused-ring (bicyclic) bond motifs is 6. The fourth-order valence-electron chi connectivity index (χ4n) is 6.25. The van der Waals surface area contributed by atoms with E-state index in [-0.39, 0.29) is 0 Å². The van der Waals surface area contributed by atoms with Crippen molar-refractivity contribution in [3.63, 3.8) is 0 Å². The van der Waals surface area contributed by atoms with Gasteiger partial charge in [0.25, 0.3) is 0 Å². The number of hydrogen-bond acceptors (Lipinski definition) is 5. The predicted octanol–water partition coefficient (Wildman–Crippen LogP) is 10.1. The lowest BCUT2D eigenvalue weighted by atomic mass is 9.85. The maximum absolute atomic E-state index is 10.7. The second kappa shape index (κ2) is 9.74. The van der Waals surface area contributed by atoms with Gasteiger partial charge < -0.3 is 8.83 Å². The van der Waals surface area contributed by atoms with Crippen molar-refractivity contribution in [2.75, 3.05) is 0 Å². The Balaban J connectivity index is 1.48. The summed E-state index contributed by atoms with van der Waals surface area (Å²) in [6.45, 7) is 0. The summed E-state index contributed by atoms with van der Waals surface area (Å²) < 4.78 is 12.6. The van der Waals surface area contributed by atoms with Crippen molar-refractivity contribution in [2.45, 2.75) is 0 Å². The van der Waals surface area contributed by atoms with Crippen molar-refractivity contribution >= 4 is 43.9 Å². The lowest BCUT2D eigenvalue weighted by molar-refractivity contribution is 0.669. The summed E-state index contributed by atoms with van der Waals surface area (Å²) in [5.41, 5.74) is 8.10. The highest BCUT2D eigenvalue weighted by molar-refractivity contribution is 6.11. The fraction of sp³-hybridized carbons (Fsp3) is 0. The third-order valence-corrected chi connectivity index (χ3v) is 8.23. The summed E-state index contributed by atoms with van der Waals surface area (Å²) in [5, 5.41) is 34.7. The van der Waals surface area contributed by atoms with Crippen LogP contribution in [0.4, 0.5) is 0 Å². The highest BCUT2D eigenvalue weighted by atomic mass is 16.3. The summed E-state index contributed by atoms with van der Waals surface area (Å²) >= 11 is 0. The van der Waals surface area contributed by atoms with Crippen molar-refractivity contribution in [1.82, 2.24) is 0 Å². The first-order chi connectivity index (χ1) is 21.7. The van der Waals surface area contributed by atoms with Crippen molar-refractivity contribution < 1.29 is 8.83 Å². The van der Waals surface area contributed by atoms with Gasteiger partial charge >= 0.3 is 0 Å². The van der Waals surface area contributed by atoms with Crippen LogP contribution in [0.5, 0.6) is 0 Å². The standard InChI is InChI=1S/C39H19N3O2/c40-20-24-7-5-8-25(21-41)38(24)26-17-32(23-15-16-29-27-9-1-3-13-35(27)43-37(29)19-23)34(22-42)33(18-26)31-12-6-11-30-28-10-2-4-14-36(28)44-39(30)31/h1-19H. The molecule has 0 spiro atoms. The lowest BCUT2D eigenvalue weighted by Crippen LogP contribution is -1.96. The molecule has 0 amide bonds. The van der Waals surface area contributed by atoms with Gasteiger partial charge in [0, 0.05) is 43.8 Å². The molecule has 0 aliphatic carbocycles. The Bertz CT molecular complexity index is 2570. The van der Waals surface area contributed by atoms with Crippen LogP contribution in [-0.4, -0.2) is 0 Å². The van der Waals surface area contributed by atoms with E-state index in [2.05, 4.69) is 18.2 Å². The van der Waals surface area contributed by atoms with Crippen molar-refractivity contribution in [1.29, 1.82) is 15.8 Å². The first-order valence-corrected chi connectivity index (χ1v) is 14.0. The van der Waals surface area contributed by atoms with Crippen molar-refractivity contribution in [2.24, 2.45) is 0 Å². The van der Waals surface area contributed by atoms with Gasteiger partial charge in [0.1, 0.15) is 28.4 Å². The number of nitrogens with zero attached hydrogens (tertiary/aromatic N) is 3. The number of hydrogen-bond donors (Lipinski definition) is 0. The quantitative estimate of drug-likeness (QED) is 0.214. The SMILES string of the molecule is N#Cc1cccc(C#N)c1-c1cc(-c2ccc3c(c2)oc2ccccc23)c(C#N)c(-c2cccc3c2oc2ccccc23)c1. The molecular weight excluding hydrogens is 542 g/mol. The molecule has 0 unspecified atom stereocenters. The van der Waals surface area contributed by atoms with E-state index in [0.29, 0.717) is 50.1 Å². The van der Waals surface area contributed by atoms with E-state index in [4.69, 9.17) is 8.83 Å². The molecule has 0 saturated carbocycles. The normalized spacial score (nSPS) is 11.1. The van der Waals surface area contributed by atoms with Gasteiger partial charge in [0.15, 0.2) is 0 Å².